The summed E-state index contributed by atoms with van der Waals surface area (Å²) in [5, 5.41) is 0. The van der Waals surface area contributed by atoms with Crippen molar-refractivity contribution in [3.63, 3.8) is 0 Å². The van der Waals surface area contributed by atoms with Gasteiger partial charge in [0.05, 0.1) is 6.54 Å². The Labute approximate surface area is 121 Å². The molecule has 0 spiro atoms. The summed E-state index contributed by atoms with van der Waals surface area (Å²) in [6.45, 7) is 5.94. The van der Waals surface area contributed by atoms with E-state index in [0.29, 0.717) is 0 Å². The first-order chi connectivity index (χ1) is 9.74. The van der Waals surface area contributed by atoms with Crippen LogP contribution in [-0.4, -0.2) is 11.2 Å². The molecule has 1 heterocycles. The first kappa shape index (κ1) is 13.3. The largest absolute Gasteiger partial charge is 0.492 e. The van der Waals surface area contributed by atoms with Gasteiger partial charge in [0, 0.05) is 11.4 Å². The molecule has 0 radical (unpaired) electrons. The quantitative estimate of drug-likeness (QED) is 0.816. The van der Waals surface area contributed by atoms with Gasteiger partial charge in [-0.2, -0.15) is 0 Å². The third-order valence-corrected chi connectivity index (χ3v) is 4.32. The van der Waals surface area contributed by atoms with Gasteiger partial charge in [-0.1, -0.05) is 6.07 Å². The van der Waals surface area contributed by atoms with Gasteiger partial charge >= 0.3 is 0 Å². The fourth-order valence-corrected chi connectivity index (χ4v) is 3.11. The van der Waals surface area contributed by atoms with Crippen LogP contribution in [0.5, 0.6) is 5.75 Å². The van der Waals surface area contributed by atoms with E-state index < -0.39 is 0 Å². The minimum atomic E-state index is 0.731. The highest BCUT2D eigenvalue weighted by atomic mass is 16.5. The maximum Gasteiger partial charge on any atom is 0.119 e. The second kappa shape index (κ2) is 5.74. The number of nitrogens with zero attached hydrogens (tertiary/aromatic N) is 1. The van der Waals surface area contributed by atoms with Gasteiger partial charge in [-0.05, 0) is 74.9 Å². The van der Waals surface area contributed by atoms with E-state index in [1.54, 1.807) is 0 Å². The lowest BCUT2D eigenvalue weighted by atomic mass is 9.92. The summed E-state index contributed by atoms with van der Waals surface area (Å²) >= 11 is 0. The molecule has 0 atom stereocenters. The smallest absolute Gasteiger partial charge is 0.119 e. The molecule has 1 aromatic heterocycles. The predicted octanol–water partition coefficient (Wildman–Crippen LogP) is 4.06. The topological polar surface area (TPSA) is 14.2 Å². The summed E-state index contributed by atoms with van der Waals surface area (Å²) in [4.78, 5) is 0. The Bertz CT molecular complexity index is 578. The molecule has 0 amide bonds. The second-order valence-corrected chi connectivity index (χ2v) is 5.75. The van der Waals surface area contributed by atoms with Gasteiger partial charge in [-0.15, -0.1) is 0 Å². The molecular formula is C18H23NO. The standard InChI is InChI=1S/C18H23NO/c1-14-7-8-15(2)19(14)11-12-20-18-10-9-16-5-3-4-6-17(16)13-18/h7-10,13H,3-6,11-12H2,1-2H3. The Balaban J connectivity index is 1.61. The van der Waals surface area contributed by atoms with Crippen LogP contribution in [0.2, 0.25) is 0 Å². The van der Waals surface area contributed by atoms with Crippen LogP contribution in [0.1, 0.15) is 35.4 Å². The van der Waals surface area contributed by atoms with Crippen molar-refractivity contribution in [3.05, 3.63) is 52.8 Å². The predicted molar refractivity (Wildman–Crippen MR) is 82.5 cm³/mol. The Kier molecular flexibility index (Phi) is 3.81. The Morgan fingerprint density at radius 3 is 2.40 bits per heavy atom. The van der Waals surface area contributed by atoms with Crippen LogP contribution in [-0.2, 0) is 19.4 Å². The van der Waals surface area contributed by atoms with Gasteiger partial charge < -0.3 is 9.30 Å². The normalized spacial score (nSPS) is 14.1. The van der Waals surface area contributed by atoms with Gasteiger partial charge in [0.1, 0.15) is 12.4 Å². The summed E-state index contributed by atoms with van der Waals surface area (Å²) in [6, 6.07) is 10.9. The van der Waals surface area contributed by atoms with Gasteiger partial charge in [-0.25, -0.2) is 0 Å². The molecule has 1 aromatic carbocycles. The summed E-state index contributed by atoms with van der Waals surface area (Å²) in [5.74, 6) is 1.02. The maximum atomic E-state index is 5.93. The Morgan fingerprint density at radius 2 is 1.65 bits per heavy atom. The Hall–Kier alpha value is -1.70. The third-order valence-electron chi connectivity index (χ3n) is 4.32. The van der Waals surface area contributed by atoms with Crippen LogP contribution >= 0.6 is 0 Å². The molecule has 0 saturated heterocycles. The number of hydrogen-bond acceptors (Lipinski definition) is 1. The molecule has 2 heteroatoms. The van der Waals surface area contributed by atoms with E-state index >= 15 is 0 Å². The van der Waals surface area contributed by atoms with Crippen LogP contribution in [0.3, 0.4) is 0 Å². The van der Waals surface area contributed by atoms with Crippen LogP contribution in [0, 0.1) is 13.8 Å². The molecule has 3 rings (SSSR count). The average Bonchev–Trinajstić information content (AvgIpc) is 2.79. The van der Waals surface area contributed by atoms with Gasteiger partial charge in [0.25, 0.3) is 0 Å². The van der Waals surface area contributed by atoms with E-state index in [1.165, 1.54) is 48.2 Å². The average molecular weight is 269 g/mol. The molecule has 0 fully saturated rings. The second-order valence-electron chi connectivity index (χ2n) is 5.75. The molecular weight excluding hydrogens is 246 g/mol. The van der Waals surface area contributed by atoms with Crippen molar-refractivity contribution in [2.24, 2.45) is 0 Å². The lowest BCUT2D eigenvalue weighted by Crippen LogP contribution is -2.11. The first-order valence-corrected chi connectivity index (χ1v) is 7.61. The SMILES string of the molecule is Cc1ccc(C)n1CCOc1ccc2c(c1)CCCC2. The highest BCUT2D eigenvalue weighted by Gasteiger charge is 2.10. The minimum absolute atomic E-state index is 0.731. The van der Waals surface area contributed by atoms with Crippen molar-refractivity contribution in [1.29, 1.82) is 0 Å². The highest BCUT2D eigenvalue weighted by Crippen LogP contribution is 2.25. The van der Waals surface area contributed by atoms with E-state index in [1.807, 2.05) is 0 Å². The number of benzene rings is 1. The van der Waals surface area contributed by atoms with Crippen LogP contribution in [0.25, 0.3) is 0 Å². The zero-order valence-electron chi connectivity index (χ0n) is 12.5. The van der Waals surface area contributed by atoms with Gasteiger partial charge in [-0.3, -0.25) is 0 Å². The molecule has 1 aliphatic carbocycles. The van der Waals surface area contributed by atoms with E-state index in [0.717, 1.165) is 18.9 Å². The van der Waals surface area contributed by atoms with E-state index in [2.05, 4.69) is 48.7 Å². The van der Waals surface area contributed by atoms with E-state index in [4.69, 9.17) is 4.74 Å². The summed E-state index contributed by atoms with van der Waals surface area (Å²) in [6.07, 6.45) is 5.09. The molecule has 106 valence electrons. The summed E-state index contributed by atoms with van der Waals surface area (Å²) in [5.41, 5.74) is 5.61. The van der Waals surface area contributed by atoms with Crippen LogP contribution in [0.15, 0.2) is 30.3 Å². The lowest BCUT2D eigenvalue weighted by molar-refractivity contribution is 0.296. The van der Waals surface area contributed by atoms with Gasteiger partial charge in [0.15, 0.2) is 0 Å². The monoisotopic (exact) mass is 269 g/mol. The van der Waals surface area contributed by atoms with Crippen molar-refractivity contribution in [2.75, 3.05) is 6.61 Å². The molecule has 0 unspecified atom stereocenters. The van der Waals surface area contributed by atoms with Crippen molar-refractivity contribution < 1.29 is 4.74 Å². The zero-order chi connectivity index (χ0) is 13.9. The minimum Gasteiger partial charge on any atom is -0.492 e. The number of aromatic nitrogens is 1. The van der Waals surface area contributed by atoms with Crippen molar-refractivity contribution in [3.8, 4) is 5.75 Å². The van der Waals surface area contributed by atoms with Crippen LogP contribution < -0.4 is 4.74 Å². The fraction of sp³-hybridized carbons (Fsp3) is 0.444. The van der Waals surface area contributed by atoms with Crippen molar-refractivity contribution in [1.82, 2.24) is 4.57 Å². The number of ether oxygens (including phenoxy) is 1. The molecule has 0 N–H and O–H groups in total. The molecule has 2 nitrogen and oxygen atoms in total. The van der Waals surface area contributed by atoms with Gasteiger partial charge in [0.2, 0.25) is 0 Å². The molecule has 2 aromatic rings. The van der Waals surface area contributed by atoms with Crippen LogP contribution in [0.4, 0.5) is 0 Å². The number of hydrogen-bond donors (Lipinski definition) is 0. The third kappa shape index (κ3) is 2.74. The molecule has 0 aliphatic heterocycles. The molecule has 0 saturated carbocycles. The fourth-order valence-electron chi connectivity index (χ4n) is 3.11. The summed E-state index contributed by atoms with van der Waals surface area (Å²) < 4.78 is 8.24. The summed E-state index contributed by atoms with van der Waals surface area (Å²) in [7, 11) is 0. The van der Waals surface area contributed by atoms with E-state index in [9.17, 15) is 0 Å². The lowest BCUT2D eigenvalue weighted by Gasteiger charge is -2.17. The maximum absolute atomic E-state index is 5.93. The molecule has 0 bridgehead atoms. The Morgan fingerprint density at radius 1 is 0.950 bits per heavy atom. The van der Waals surface area contributed by atoms with Crippen molar-refractivity contribution >= 4 is 0 Å². The van der Waals surface area contributed by atoms with E-state index in [-0.39, 0.29) is 0 Å². The number of rotatable bonds is 4. The zero-order valence-corrected chi connectivity index (χ0v) is 12.5. The first-order valence-electron chi connectivity index (χ1n) is 7.61. The highest BCUT2D eigenvalue weighted by molar-refractivity contribution is 5.37. The molecule has 1 aliphatic rings. The van der Waals surface area contributed by atoms with Crippen molar-refractivity contribution in [2.45, 2.75) is 46.1 Å². The molecule has 20 heavy (non-hydrogen) atoms. The number of aryl methyl sites for hydroxylation is 4. The number of fused-ring (bicyclic) bond motifs is 1.